The highest BCUT2D eigenvalue weighted by Crippen LogP contribution is 2.81. The lowest BCUT2D eigenvalue weighted by Gasteiger charge is -2.45. The molecule has 140 valence electrons. The summed E-state index contributed by atoms with van der Waals surface area (Å²) in [6.45, 7) is 0.732. The van der Waals surface area contributed by atoms with E-state index in [4.69, 9.17) is 9.47 Å². The van der Waals surface area contributed by atoms with Crippen LogP contribution < -0.4 is 9.64 Å². The van der Waals surface area contributed by atoms with Gasteiger partial charge in [0.15, 0.2) is 0 Å². The van der Waals surface area contributed by atoms with Gasteiger partial charge in [-0.15, -0.1) is 0 Å². The van der Waals surface area contributed by atoms with Crippen molar-refractivity contribution >= 4 is 17.7 Å². The van der Waals surface area contributed by atoms with Crippen molar-refractivity contribution in [3.63, 3.8) is 0 Å². The Bertz CT molecular complexity index is 942. The second-order valence-electron chi connectivity index (χ2n) is 8.52. The van der Waals surface area contributed by atoms with E-state index in [0.717, 1.165) is 43.7 Å². The molecule has 2 saturated carbocycles. The maximum Gasteiger partial charge on any atom is 0.414 e. The molecule has 27 heavy (non-hydrogen) atoms. The standard InChI is InChI=1S/C21H22N2O4/c1-26-13-3-4-15-14(11-13)20-9-10-22-17(24)5-6-19(22)7-8-21(20,16(20)12-19)23(15)18(25)27-2/h3-6,11,16H,7-10,12H2,1-2H3/t16?,19-,20+,21-/m0/s1. The molecule has 6 heteroatoms. The van der Waals surface area contributed by atoms with Crippen LogP contribution in [0.3, 0.4) is 0 Å². The average molecular weight is 366 g/mol. The summed E-state index contributed by atoms with van der Waals surface area (Å²) in [5.74, 6) is 1.29. The summed E-state index contributed by atoms with van der Waals surface area (Å²) < 4.78 is 10.7. The molecular formula is C21H22N2O4. The predicted molar refractivity (Wildman–Crippen MR) is 97.8 cm³/mol. The van der Waals surface area contributed by atoms with Gasteiger partial charge in [-0.1, -0.05) is 6.08 Å². The number of nitrogens with zero attached hydrogens (tertiary/aromatic N) is 2. The maximum absolute atomic E-state index is 12.8. The fourth-order valence-electron chi connectivity index (χ4n) is 7.09. The van der Waals surface area contributed by atoms with Crippen LogP contribution in [0.5, 0.6) is 5.75 Å². The van der Waals surface area contributed by atoms with Crippen LogP contribution in [-0.4, -0.2) is 48.7 Å². The number of fused-ring (bicyclic) bond motifs is 1. The van der Waals surface area contributed by atoms with E-state index in [1.165, 1.54) is 12.7 Å². The van der Waals surface area contributed by atoms with Crippen LogP contribution in [0.1, 0.15) is 31.2 Å². The molecule has 1 aromatic rings. The van der Waals surface area contributed by atoms with Crippen molar-refractivity contribution in [1.29, 1.82) is 0 Å². The molecule has 0 aromatic heterocycles. The molecule has 5 aliphatic rings. The average Bonchev–Trinajstić information content (AvgIpc) is 3.09. The Balaban J connectivity index is 1.56. The van der Waals surface area contributed by atoms with Gasteiger partial charge in [-0.25, -0.2) is 4.79 Å². The number of anilines is 1. The van der Waals surface area contributed by atoms with Crippen LogP contribution in [0, 0.1) is 5.92 Å². The Morgan fingerprint density at radius 3 is 2.85 bits per heavy atom. The zero-order chi connectivity index (χ0) is 18.6. The van der Waals surface area contributed by atoms with E-state index in [0.29, 0.717) is 5.92 Å². The zero-order valence-corrected chi connectivity index (χ0v) is 15.5. The first kappa shape index (κ1) is 15.5. The molecule has 6 nitrogen and oxygen atoms in total. The van der Waals surface area contributed by atoms with Crippen molar-refractivity contribution in [3.05, 3.63) is 35.9 Å². The molecule has 1 unspecified atom stereocenters. The number of hydrogen-bond acceptors (Lipinski definition) is 4. The van der Waals surface area contributed by atoms with E-state index in [-0.39, 0.29) is 28.5 Å². The van der Waals surface area contributed by atoms with Crippen molar-refractivity contribution in [2.24, 2.45) is 5.92 Å². The van der Waals surface area contributed by atoms with Crippen molar-refractivity contribution in [2.45, 2.75) is 42.2 Å². The summed E-state index contributed by atoms with van der Waals surface area (Å²) in [5.41, 5.74) is 1.64. The number of ether oxygens (including phenoxy) is 2. The van der Waals surface area contributed by atoms with E-state index in [1.807, 2.05) is 17.0 Å². The fourth-order valence-corrected chi connectivity index (χ4v) is 7.09. The molecule has 2 bridgehead atoms. The second kappa shape index (κ2) is 4.49. The lowest BCUT2D eigenvalue weighted by molar-refractivity contribution is -0.129. The number of rotatable bonds is 1. The first-order valence-electron chi connectivity index (χ1n) is 9.62. The smallest absolute Gasteiger partial charge is 0.414 e. The molecule has 3 fully saturated rings. The molecule has 2 amide bonds. The quantitative estimate of drug-likeness (QED) is 0.767. The van der Waals surface area contributed by atoms with Gasteiger partial charge in [0, 0.05) is 18.0 Å². The monoisotopic (exact) mass is 366 g/mol. The minimum Gasteiger partial charge on any atom is -0.497 e. The van der Waals surface area contributed by atoms with Crippen LogP contribution in [0.2, 0.25) is 0 Å². The summed E-state index contributed by atoms with van der Waals surface area (Å²) in [4.78, 5) is 29.3. The first-order chi connectivity index (χ1) is 13.0. The SMILES string of the molecule is COC(=O)N1c2ccc(OC)cc2[C@@]23CCN4C(=O)C=C[C@@]45CC[C@@]12C3C5. The number of carbonyl (C=O) groups is 2. The van der Waals surface area contributed by atoms with Crippen LogP contribution in [0.25, 0.3) is 0 Å². The third kappa shape index (κ3) is 1.42. The lowest BCUT2D eigenvalue weighted by Crippen LogP contribution is -2.55. The molecule has 1 saturated heterocycles. The third-order valence-corrected chi connectivity index (χ3v) is 8.11. The van der Waals surface area contributed by atoms with E-state index in [2.05, 4.69) is 17.0 Å². The molecule has 0 N–H and O–H groups in total. The van der Waals surface area contributed by atoms with Crippen molar-refractivity contribution in [1.82, 2.24) is 4.90 Å². The minimum atomic E-state index is -0.280. The van der Waals surface area contributed by atoms with Crippen LogP contribution in [0.15, 0.2) is 30.4 Å². The highest BCUT2D eigenvalue weighted by Gasteiger charge is 2.87. The summed E-state index contributed by atoms with van der Waals surface area (Å²) in [6, 6.07) is 5.99. The Hall–Kier alpha value is -2.50. The van der Waals surface area contributed by atoms with Crippen LogP contribution in [0.4, 0.5) is 10.5 Å². The Kier molecular flexibility index (Phi) is 2.58. The molecular weight excluding hydrogens is 344 g/mol. The van der Waals surface area contributed by atoms with Crippen molar-refractivity contribution in [2.75, 3.05) is 25.7 Å². The summed E-state index contributed by atoms with van der Waals surface area (Å²) in [7, 11) is 3.12. The van der Waals surface area contributed by atoms with Gasteiger partial charge in [0.2, 0.25) is 5.91 Å². The van der Waals surface area contributed by atoms with Gasteiger partial charge < -0.3 is 14.4 Å². The van der Waals surface area contributed by atoms with Gasteiger partial charge in [-0.2, -0.15) is 0 Å². The highest BCUT2D eigenvalue weighted by atomic mass is 16.5. The third-order valence-electron chi connectivity index (χ3n) is 8.11. The van der Waals surface area contributed by atoms with E-state index in [1.54, 1.807) is 13.2 Å². The second-order valence-corrected chi connectivity index (χ2v) is 8.52. The van der Waals surface area contributed by atoms with Crippen LogP contribution in [-0.2, 0) is 14.9 Å². The summed E-state index contributed by atoms with van der Waals surface area (Å²) >= 11 is 0. The molecule has 6 rings (SSSR count). The van der Waals surface area contributed by atoms with Crippen molar-refractivity contribution in [3.8, 4) is 5.75 Å². The first-order valence-corrected chi connectivity index (χ1v) is 9.62. The summed E-state index contributed by atoms with van der Waals surface area (Å²) in [6.07, 6.45) is 7.15. The van der Waals surface area contributed by atoms with Gasteiger partial charge in [0.05, 0.1) is 31.0 Å². The van der Waals surface area contributed by atoms with Gasteiger partial charge in [0.25, 0.3) is 0 Å². The Morgan fingerprint density at radius 1 is 1.22 bits per heavy atom. The summed E-state index contributed by atoms with van der Waals surface area (Å²) in [5, 5.41) is 0. The normalized spacial score (nSPS) is 39.5. The van der Waals surface area contributed by atoms with Gasteiger partial charge in [-0.05, 0) is 55.4 Å². The minimum absolute atomic E-state index is 0.104. The number of carbonyl (C=O) groups excluding carboxylic acids is 2. The fraction of sp³-hybridized carbons (Fsp3) is 0.524. The molecule has 3 heterocycles. The number of hydrogen-bond donors (Lipinski definition) is 0. The molecule has 1 aromatic carbocycles. The molecule has 2 aliphatic carbocycles. The molecule has 3 aliphatic heterocycles. The predicted octanol–water partition coefficient (Wildman–Crippen LogP) is 2.61. The van der Waals surface area contributed by atoms with Crippen molar-refractivity contribution < 1.29 is 19.1 Å². The van der Waals surface area contributed by atoms with E-state index < -0.39 is 0 Å². The van der Waals surface area contributed by atoms with Crippen LogP contribution >= 0.6 is 0 Å². The Labute approximate surface area is 157 Å². The Morgan fingerprint density at radius 2 is 2.07 bits per heavy atom. The number of methoxy groups -OCH3 is 2. The van der Waals surface area contributed by atoms with E-state index in [9.17, 15) is 9.59 Å². The zero-order valence-electron chi connectivity index (χ0n) is 15.5. The van der Waals surface area contributed by atoms with E-state index >= 15 is 0 Å². The molecule has 0 radical (unpaired) electrons. The van der Waals surface area contributed by atoms with Gasteiger partial charge in [-0.3, -0.25) is 9.69 Å². The highest BCUT2D eigenvalue weighted by molar-refractivity contribution is 5.98. The largest absolute Gasteiger partial charge is 0.497 e. The van der Waals surface area contributed by atoms with Gasteiger partial charge in [0.1, 0.15) is 5.75 Å². The topological polar surface area (TPSA) is 59.1 Å². The maximum atomic E-state index is 12.8. The van der Waals surface area contributed by atoms with Gasteiger partial charge >= 0.3 is 6.09 Å². The molecule has 4 atom stereocenters. The number of amides is 2. The molecule has 3 spiro atoms. The number of benzene rings is 1. The lowest BCUT2D eigenvalue weighted by atomic mass is 9.78.